The Morgan fingerprint density at radius 2 is 2.21 bits per heavy atom. The summed E-state index contributed by atoms with van der Waals surface area (Å²) in [6, 6.07) is 8.50. The van der Waals surface area contributed by atoms with Gasteiger partial charge in [0.1, 0.15) is 5.75 Å². The zero-order chi connectivity index (χ0) is 13.2. The highest BCUT2D eigenvalue weighted by molar-refractivity contribution is 8.00. The van der Waals surface area contributed by atoms with E-state index in [9.17, 15) is 4.79 Å². The van der Waals surface area contributed by atoms with Gasteiger partial charge < -0.3 is 9.64 Å². The number of benzene rings is 1. The maximum atomic E-state index is 12.2. The SMILES string of the molecule is COc1ccc(CCC(=O)N2CC3CC2CS3)cc1. The normalized spacial score (nSPS) is 24.8. The highest BCUT2D eigenvalue weighted by Crippen LogP contribution is 2.37. The quantitative estimate of drug-likeness (QED) is 0.846. The van der Waals surface area contributed by atoms with Crippen LogP contribution in [-0.2, 0) is 11.2 Å². The first-order valence-corrected chi connectivity index (χ1v) is 7.85. The second-order valence-corrected chi connectivity index (χ2v) is 6.57. The van der Waals surface area contributed by atoms with Crippen LogP contribution in [0.25, 0.3) is 0 Å². The van der Waals surface area contributed by atoms with Crippen LogP contribution in [0.5, 0.6) is 5.75 Å². The third-order valence-electron chi connectivity index (χ3n) is 4.01. The van der Waals surface area contributed by atoms with Gasteiger partial charge in [0.15, 0.2) is 0 Å². The van der Waals surface area contributed by atoms with E-state index >= 15 is 0 Å². The van der Waals surface area contributed by atoms with Gasteiger partial charge in [-0.15, -0.1) is 0 Å². The van der Waals surface area contributed by atoms with Gasteiger partial charge in [-0.1, -0.05) is 12.1 Å². The molecule has 0 radical (unpaired) electrons. The van der Waals surface area contributed by atoms with Crippen LogP contribution in [0.15, 0.2) is 24.3 Å². The lowest BCUT2D eigenvalue weighted by atomic mass is 10.1. The third kappa shape index (κ3) is 2.73. The van der Waals surface area contributed by atoms with E-state index in [-0.39, 0.29) is 0 Å². The molecule has 2 bridgehead atoms. The average Bonchev–Trinajstić information content (AvgIpc) is 3.08. The molecule has 19 heavy (non-hydrogen) atoms. The van der Waals surface area contributed by atoms with E-state index in [1.165, 1.54) is 12.0 Å². The minimum Gasteiger partial charge on any atom is -0.497 e. The minimum absolute atomic E-state index is 0.323. The first kappa shape index (κ1) is 12.9. The van der Waals surface area contributed by atoms with Crippen molar-refractivity contribution < 1.29 is 9.53 Å². The van der Waals surface area contributed by atoms with Crippen LogP contribution in [0.1, 0.15) is 18.4 Å². The van der Waals surface area contributed by atoms with Gasteiger partial charge in [-0.3, -0.25) is 4.79 Å². The predicted molar refractivity (Wildman–Crippen MR) is 77.7 cm³/mol. The maximum absolute atomic E-state index is 12.2. The Labute approximate surface area is 118 Å². The van der Waals surface area contributed by atoms with Crippen LogP contribution in [0.3, 0.4) is 0 Å². The van der Waals surface area contributed by atoms with Gasteiger partial charge in [-0.05, 0) is 30.5 Å². The van der Waals surface area contributed by atoms with Crippen molar-refractivity contribution in [2.45, 2.75) is 30.6 Å². The topological polar surface area (TPSA) is 29.5 Å². The second-order valence-electron chi connectivity index (χ2n) is 5.24. The van der Waals surface area contributed by atoms with Gasteiger partial charge in [0.25, 0.3) is 0 Å². The molecule has 2 unspecified atom stereocenters. The van der Waals surface area contributed by atoms with Crippen LogP contribution in [0, 0.1) is 0 Å². The Morgan fingerprint density at radius 3 is 2.79 bits per heavy atom. The number of rotatable bonds is 4. The van der Waals surface area contributed by atoms with E-state index in [1.807, 2.05) is 36.0 Å². The molecule has 4 heteroatoms. The fraction of sp³-hybridized carbons (Fsp3) is 0.533. The highest BCUT2D eigenvalue weighted by atomic mass is 32.2. The summed E-state index contributed by atoms with van der Waals surface area (Å²) < 4.78 is 5.13. The summed E-state index contributed by atoms with van der Waals surface area (Å²) in [4.78, 5) is 14.3. The molecule has 1 amide bonds. The van der Waals surface area contributed by atoms with Gasteiger partial charge in [0, 0.05) is 30.0 Å². The molecule has 2 fully saturated rings. The third-order valence-corrected chi connectivity index (χ3v) is 5.40. The first-order valence-electron chi connectivity index (χ1n) is 6.80. The van der Waals surface area contributed by atoms with Crippen molar-refractivity contribution in [3.8, 4) is 5.75 Å². The van der Waals surface area contributed by atoms with Gasteiger partial charge in [-0.2, -0.15) is 11.8 Å². The summed E-state index contributed by atoms with van der Waals surface area (Å²) in [5, 5.41) is 0.704. The summed E-state index contributed by atoms with van der Waals surface area (Å²) in [7, 11) is 1.67. The number of methoxy groups -OCH3 is 1. The summed E-state index contributed by atoms with van der Waals surface area (Å²) in [6.45, 7) is 0.969. The van der Waals surface area contributed by atoms with Crippen molar-refractivity contribution in [1.82, 2.24) is 4.90 Å². The van der Waals surface area contributed by atoms with Gasteiger partial charge in [0.05, 0.1) is 7.11 Å². The lowest BCUT2D eigenvalue weighted by molar-refractivity contribution is -0.131. The van der Waals surface area contributed by atoms with Crippen molar-refractivity contribution in [3.05, 3.63) is 29.8 Å². The van der Waals surface area contributed by atoms with Crippen molar-refractivity contribution >= 4 is 17.7 Å². The molecule has 3 rings (SSSR count). The molecule has 102 valence electrons. The lowest BCUT2D eigenvalue weighted by Gasteiger charge is -2.26. The van der Waals surface area contributed by atoms with Gasteiger partial charge in [-0.25, -0.2) is 0 Å². The standard InChI is InChI=1S/C15H19NO2S/c1-18-13-5-2-11(3-6-13)4-7-15(17)16-9-14-8-12(16)10-19-14/h2-3,5-6,12,14H,4,7-10H2,1H3. The fourth-order valence-electron chi connectivity index (χ4n) is 2.89. The van der Waals surface area contributed by atoms with Crippen molar-refractivity contribution in [1.29, 1.82) is 0 Å². The molecule has 3 nitrogen and oxygen atoms in total. The molecular formula is C15H19NO2S. The van der Waals surface area contributed by atoms with E-state index in [1.54, 1.807) is 7.11 Å². The largest absolute Gasteiger partial charge is 0.497 e. The smallest absolute Gasteiger partial charge is 0.223 e. The number of carbonyl (C=O) groups is 1. The summed E-state index contributed by atoms with van der Waals surface area (Å²) >= 11 is 2.02. The number of amides is 1. The highest BCUT2D eigenvalue weighted by Gasteiger charge is 2.40. The molecule has 2 heterocycles. The first-order chi connectivity index (χ1) is 9.26. The number of carbonyl (C=O) groups excluding carboxylic acids is 1. The predicted octanol–water partition coefficient (Wildman–Crippen LogP) is 2.34. The van der Waals surface area contributed by atoms with Crippen LogP contribution >= 0.6 is 11.8 Å². The lowest BCUT2D eigenvalue weighted by Crippen LogP contribution is -2.39. The van der Waals surface area contributed by atoms with E-state index in [0.717, 1.165) is 24.5 Å². The molecule has 0 aliphatic carbocycles. The number of nitrogens with zero attached hydrogens (tertiary/aromatic N) is 1. The van der Waals surface area contributed by atoms with Crippen molar-refractivity contribution in [2.24, 2.45) is 0 Å². The second kappa shape index (κ2) is 5.45. The number of likely N-dealkylation sites (tertiary alicyclic amines) is 1. The molecule has 2 aliphatic heterocycles. The Hall–Kier alpha value is -1.16. The van der Waals surface area contributed by atoms with E-state index in [0.29, 0.717) is 23.6 Å². The van der Waals surface area contributed by atoms with Crippen LogP contribution in [0.2, 0.25) is 0 Å². The van der Waals surface area contributed by atoms with E-state index in [4.69, 9.17) is 4.74 Å². The van der Waals surface area contributed by atoms with Gasteiger partial charge in [0.2, 0.25) is 5.91 Å². The van der Waals surface area contributed by atoms with Crippen molar-refractivity contribution in [2.75, 3.05) is 19.4 Å². The van der Waals surface area contributed by atoms with Crippen molar-refractivity contribution in [3.63, 3.8) is 0 Å². The maximum Gasteiger partial charge on any atom is 0.223 e. The summed E-state index contributed by atoms with van der Waals surface area (Å²) in [5.41, 5.74) is 1.20. The fourth-order valence-corrected chi connectivity index (χ4v) is 4.33. The molecule has 2 saturated heterocycles. The van der Waals surface area contributed by atoms with Gasteiger partial charge >= 0.3 is 0 Å². The Morgan fingerprint density at radius 1 is 1.42 bits per heavy atom. The monoisotopic (exact) mass is 277 g/mol. The van der Waals surface area contributed by atoms with E-state index in [2.05, 4.69) is 4.90 Å². The van der Waals surface area contributed by atoms with E-state index < -0.39 is 0 Å². The molecule has 1 aromatic rings. The number of hydrogen-bond acceptors (Lipinski definition) is 3. The molecule has 0 spiro atoms. The average molecular weight is 277 g/mol. The molecule has 0 aromatic heterocycles. The molecule has 0 N–H and O–H groups in total. The Bertz CT molecular complexity index is 460. The summed E-state index contributed by atoms with van der Waals surface area (Å²) in [5.74, 6) is 2.33. The Balaban J connectivity index is 1.52. The summed E-state index contributed by atoms with van der Waals surface area (Å²) in [6.07, 6.45) is 2.66. The van der Waals surface area contributed by atoms with Crippen LogP contribution in [0.4, 0.5) is 0 Å². The molecular weight excluding hydrogens is 258 g/mol. The number of ether oxygens (including phenoxy) is 1. The minimum atomic E-state index is 0.323. The number of aryl methyl sites for hydroxylation is 1. The molecule has 1 aromatic carbocycles. The Kier molecular flexibility index (Phi) is 3.69. The zero-order valence-corrected chi connectivity index (χ0v) is 12.0. The van der Waals surface area contributed by atoms with Crippen LogP contribution in [-0.4, -0.2) is 41.5 Å². The molecule has 2 aliphatic rings. The number of hydrogen-bond donors (Lipinski definition) is 0. The molecule has 2 atom stereocenters. The zero-order valence-electron chi connectivity index (χ0n) is 11.2. The molecule has 0 saturated carbocycles. The van der Waals surface area contributed by atoms with Crippen LogP contribution < -0.4 is 4.74 Å². The number of thioether (sulfide) groups is 1. The number of fused-ring (bicyclic) bond motifs is 2.